The first-order valence-electron chi connectivity index (χ1n) is 21.3. The first-order valence-corrected chi connectivity index (χ1v) is 21.3. The number of rotatable bonds is 39. The van der Waals surface area contributed by atoms with E-state index in [0.29, 0.717) is 0 Å². The molecule has 0 fully saturated rings. The zero-order chi connectivity index (χ0) is 36.3. The second kappa shape index (κ2) is 44.4. The summed E-state index contributed by atoms with van der Waals surface area (Å²) in [5.74, 6) is -0.123. The minimum Gasteiger partial charge on any atom is -0.463 e. The summed E-state index contributed by atoms with van der Waals surface area (Å²) in [6.07, 6.45) is 50.6. The quantitative estimate of drug-likeness (QED) is 0.0398. The third-order valence-electron chi connectivity index (χ3n) is 9.59. The highest BCUT2D eigenvalue weighted by Gasteiger charge is 2.11. The van der Waals surface area contributed by atoms with E-state index in [4.69, 9.17) is 4.74 Å². The lowest BCUT2D eigenvalue weighted by Crippen LogP contribution is -2.16. The molecule has 49 heavy (non-hydrogen) atoms. The number of aliphatic hydroxyl groups excluding tert-OH is 1. The lowest BCUT2D eigenvalue weighted by molar-refractivity contribution is -0.147. The summed E-state index contributed by atoms with van der Waals surface area (Å²) in [4.78, 5) is 11.3. The predicted octanol–water partition coefficient (Wildman–Crippen LogP) is 15.3. The molecule has 0 aromatic carbocycles. The van der Waals surface area contributed by atoms with Crippen molar-refractivity contribution in [3.8, 4) is 0 Å². The Morgan fingerprint density at radius 2 is 0.653 bits per heavy atom. The Hall–Kier alpha value is -1.61. The molecule has 2 atom stereocenters. The van der Waals surface area contributed by atoms with Crippen LogP contribution in [0.2, 0.25) is 0 Å². The van der Waals surface area contributed by atoms with Gasteiger partial charge in [-0.25, -0.2) is 0 Å². The Balaban J connectivity index is 0. The second-order valence-electron chi connectivity index (χ2n) is 14.5. The van der Waals surface area contributed by atoms with Crippen LogP contribution in [-0.2, 0) is 9.53 Å². The molecule has 0 aliphatic carbocycles. The summed E-state index contributed by atoms with van der Waals surface area (Å²) in [7, 11) is 0. The number of unbranched alkanes of at least 4 members (excludes halogenated alkanes) is 26. The van der Waals surface area contributed by atoms with E-state index in [1.807, 2.05) is 24.3 Å². The highest BCUT2D eigenvalue weighted by molar-refractivity contribution is 5.66. The van der Waals surface area contributed by atoms with Gasteiger partial charge in [-0.15, -0.1) is 26.3 Å². The van der Waals surface area contributed by atoms with E-state index in [2.05, 4.69) is 26.3 Å². The van der Waals surface area contributed by atoms with Crippen LogP contribution < -0.4 is 0 Å². The Bertz CT molecular complexity index is 698. The molecule has 1 N–H and O–H groups in total. The summed E-state index contributed by atoms with van der Waals surface area (Å²) in [6.45, 7) is 16.6. The zero-order valence-corrected chi connectivity index (χ0v) is 33.1. The molecule has 0 aromatic rings. The molecule has 0 bridgehead atoms. The Labute approximate surface area is 307 Å². The van der Waals surface area contributed by atoms with Crippen molar-refractivity contribution in [2.45, 2.75) is 237 Å². The average molecular weight is 687 g/mol. The van der Waals surface area contributed by atoms with Crippen LogP contribution in [0.4, 0.5) is 0 Å². The normalized spacial score (nSPS) is 12.0. The van der Waals surface area contributed by atoms with Gasteiger partial charge in [-0.1, -0.05) is 153 Å². The molecule has 0 rings (SSSR count). The largest absolute Gasteiger partial charge is 0.463 e. The van der Waals surface area contributed by atoms with Crippen LogP contribution in [0.5, 0.6) is 0 Å². The molecule has 3 heteroatoms. The Morgan fingerprint density at radius 3 is 0.898 bits per heavy atom. The fourth-order valence-electron chi connectivity index (χ4n) is 6.48. The molecule has 0 aliphatic heterocycles. The number of hydrogen-bond donors (Lipinski definition) is 1. The highest BCUT2D eigenvalue weighted by atomic mass is 16.5. The van der Waals surface area contributed by atoms with Crippen molar-refractivity contribution in [2.75, 3.05) is 0 Å². The SMILES string of the molecule is C=CCCCCCCCCCC(CCCCCCCCC=C)OC(C)=O.C=CCCCCCCCCCC(O)CCCCCCCCC=C. The summed E-state index contributed by atoms with van der Waals surface area (Å²) >= 11 is 0. The van der Waals surface area contributed by atoms with Crippen molar-refractivity contribution < 1.29 is 14.6 Å². The van der Waals surface area contributed by atoms with Crippen molar-refractivity contribution in [1.82, 2.24) is 0 Å². The summed E-state index contributed by atoms with van der Waals surface area (Å²) in [5.41, 5.74) is 0. The molecule has 0 radical (unpaired) electrons. The standard InChI is InChI=1S/C24H44O2.C22H42O/c1-4-6-8-10-12-14-16-18-20-22-24(26-23(3)25)21-19-17-15-13-11-9-7-5-2;1-3-5-7-9-11-13-15-17-19-21-22(23)20-18-16-14-12-10-8-6-4-2/h4-5,24H,1-2,6-22H2,3H3;3-4,22-23H,1-2,5-21H2. The lowest BCUT2D eigenvalue weighted by Gasteiger charge is -2.17. The van der Waals surface area contributed by atoms with Crippen LogP contribution in [0.3, 0.4) is 0 Å². The number of esters is 1. The van der Waals surface area contributed by atoms with Crippen LogP contribution in [-0.4, -0.2) is 23.3 Å². The van der Waals surface area contributed by atoms with Crippen molar-refractivity contribution in [3.63, 3.8) is 0 Å². The second-order valence-corrected chi connectivity index (χ2v) is 14.5. The van der Waals surface area contributed by atoms with Gasteiger partial charge in [-0.2, -0.15) is 0 Å². The Kier molecular flexibility index (Phi) is 44.9. The zero-order valence-electron chi connectivity index (χ0n) is 33.1. The number of carbonyl (C=O) groups is 1. The Morgan fingerprint density at radius 1 is 0.429 bits per heavy atom. The highest BCUT2D eigenvalue weighted by Crippen LogP contribution is 2.18. The first kappa shape index (κ1) is 49.5. The fraction of sp³-hybridized carbons (Fsp3) is 0.804. The van der Waals surface area contributed by atoms with E-state index in [9.17, 15) is 9.90 Å². The molecule has 0 amide bonds. The molecule has 0 aliphatic rings. The molecule has 0 spiro atoms. The fourth-order valence-corrected chi connectivity index (χ4v) is 6.48. The van der Waals surface area contributed by atoms with Crippen LogP contribution >= 0.6 is 0 Å². The number of allylic oxidation sites excluding steroid dienone is 4. The molecular formula is C46H86O3. The van der Waals surface area contributed by atoms with E-state index in [1.165, 1.54) is 180 Å². The van der Waals surface area contributed by atoms with Crippen molar-refractivity contribution in [3.05, 3.63) is 50.6 Å². The van der Waals surface area contributed by atoms with Gasteiger partial charge in [0.25, 0.3) is 0 Å². The van der Waals surface area contributed by atoms with E-state index in [-0.39, 0.29) is 18.2 Å². The van der Waals surface area contributed by atoms with E-state index >= 15 is 0 Å². The van der Waals surface area contributed by atoms with Gasteiger partial charge in [0.2, 0.25) is 0 Å². The molecule has 3 nitrogen and oxygen atoms in total. The lowest BCUT2D eigenvalue weighted by atomic mass is 10.0. The third kappa shape index (κ3) is 46.4. The van der Waals surface area contributed by atoms with Gasteiger partial charge in [0.05, 0.1) is 6.10 Å². The molecule has 2 unspecified atom stereocenters. The average Bonchev–Trinajstić information content (AvgIpc) is 3.09. The smallest absolute Gasteiger partial charge is 0.302 e. The van der Waals surface area contributed by atoms with Gasteiger partial charge in [-0.05, 0) is 89.9 Å². The van der Waals surface area contributed by atoms with Crippen LogP contribution in [0.25, 0.3) is 0 Å². The summed E-state index contributed by atoms with van der Waals surface area (Å²) in [5, 5.41) is 10.0. The van der Waals surface area contributed by atoms with Crippen LogP contribution in [0.15, 0.2) is 50.6 Å². The number of aliphatic hydroxyl groups is 1. The van der Waals surface area contributed by atoms with Crippen LogP contribution in [0, 0.1) is 0 Å². The van der Waals surface area contributed by atoms with Gasteiger partial charge in [-0.3, -0.25) is 4.79 Å². The van der Waals surface area contributed by atoms with E-state index in [1.54, 1.807) is 0 Å². The molecule has 0 saturated carbocycles. The van der Waals surface area contributed by atoms with E-state index in [0.717, 1.165) is 44.9 Å². The maximum absolute atomic E-state index is 11.3. The van der Waals surface area contributed by atoms with Gasteiger partial charge >= 0.3 is 5.97 Å². The van der Waals surface area contributed by atoms with E-state index < -0.39 is 0 Å². The van der Waals surface area contributed by atoms with Gasteiger partial charge in [0.15, 0.2) is 0 Å². The third-order valence-corrected chi connectivity index (χ3v) is 9.59. The molecule has 0 heterocycles. The topological polar surface area (TPSA) is 46.5 Å². The molecule has 0 saturated heterocycles. The van der Waals surface area contributed by atoms with Crippen molar-refractivity contribution >= 4 is 5.97 Å². The minimum absolute atomic E-state index is 0.0524. The van der Waals surface area contributed by atoms with Gasteiger partial charge < -0.3 is 9.84 Å². The maximum Gasteiger partial charge on any atom is 0.302 e. The molecule has 0 aromatic heterocycles. The summed E-state index contributed by atoms with van der Waals surface area (Å²) in [6, 6.07) is 0. The molecular weight excluding hydrogens is 601 g/mol. The minimum atomic E-state index is -0.123. The summed E-state index contributed by atoms with van der Waals surface area (Å²) < 4.78 is 5.52. The van der Waals surface area contributed by atoms with Gasteiger partial charge in [0.1, 0.15) is 6.10 Å². The number of carbonyl (C=O) groups excluding carboxylic acids is 1. The monoisotopic (exact) mass is 687 g/mol. The van der Waals surface area contributed by atoms with Crippen molar-refractivity contribution in [2.24, 2.45) is 0 Å². The molecule has 288 valence electrons. The van der Waals surface area contributed by atoms with Crippen molar-refractivity contribution in [1.29, 1.82) is 0 Å². The van der Waals surface area contributed by atoms with Crippen LogP contribution in [0.1, 0.15) is 225 Å². The number of hydrogen-bond acceptors (Lipinski definition) is 3. The number of ether oxygens (including phenoxy) is 1. The maximum atomic E-state index is 11.3. The first-order chi connectivity index (χ1) is 24.0. The predicted molar refractivity (Wildman–Crippen MR) is 219 cm³/mol. The van der Waals surface area contributed by atoms with Gasteiger partial charge in [0, 0.05) is 6.92 Å².